The van der Waals surface area contributed by atoms with E-state index in [0.717, 1.165) is 25.9 Å². The number of aromatic nitrogens is 2. The molecule has 7 nitrogen and oxygen atoms in total. The van der Waals surface area contributed by atoms with Crippen molar-refractivity contribution in [3.8, 4) is 11.5 Å². The molecule has 35 heavy (non-hydrogen) atoms. The van der Waals surface area contributed by atoms with Crippen LogP contribution in [0.2, 0.25) is 5.02 Å². The van der Waals surface area contributed by atoms with Crippen LogP contribution in [0.4, 0.5) is 15.9 Å². The van der Waals surface area contributed by atoms with Crippen LogP contribution in [0.5, 0.6) is 11.5 Å². The molecule has 0 radical (unpaired) electrons. The van der Waals surface area contributed by atoms with E-state index in [4.69, 9.17) is 21.1 Å². The third-order valence-electron chi connectivity index (χ3n) is 7.22. The van der Waals surface area contributed by atoms with Gasteiger partial charge in [-0.3, -0.25) is 4.79 Å². The number of methoxy groups -OCH3 is 1. The van der Waals surface area contributed by atoms with E-state index < -0.39 is 5.82 Å². The van der Waals surface area contributed by atoms with Crippen molar-refractivity contribution in [1.82, 2.24) is 14.9 Å². The van der Waals surface area contributed by atoms with Gasteiger partial charge in [0.05, 0.1) is 29.9 Å². The highest BCUT2D eigenvalue weighted by Gasteiger charge is 2.41. The Morgan fingerprint density at radius 2 is 1.94 bits per heavy atom. The largest absolute Gasteiger partial charge is 0.493 e. The van der Waals surface area contributed by atoms with E-state index in [-0.39, 0.29) is 16.6 Å². The maximum atomic E-state index is 14.6. The van der Waals surface area contributed by atoms with Gasteiger partial charge in [-0.2, -0.15) is 0 Å². The maximum Gasteiger partial charge on any atom is 0.219 e. The fraction of sp³-hybridized carbons (Fsp3) is 0.423. The van der Waals surface area contributed by atoms with Crippen molar-refractivity contribution in [3.63, 3.8) is 0 Å². The Hall–Kier alpha value is -3.13. The summed E-state index contributed by atoms with van der Waals surface area (Å²) in [6, 6.07) is 7.01. The van der Waals surface area contributed by atoms with Gasteiger partial charge < -0.3 is 19.7 Å². The number of carbonyl (C=O) groups excluding carboxylic acids is 1. The lowest BCUT2D eigenvalue weighted by Gasteiger charge is -2.19. The fourth-order valence-electron chi connectivity index (χ4n) is 5.33. The molecule has 1 unspecified atom stereocenters. The zero-order valence-corrected chi connectivity index (χ0v) is 20.7. The standard InChI is InChI=1S/C26H28ClFN4O3/c1-14-4-5-20(25(28)24(14)27)31-26-19-8-22(34-3)23(9-21(19)29-13-30-26)35-12-16-6-17-10-32(15(2)33)11-18(17)7-16/h4-5,8-9,13,16-18H,6-7,10-12H2,1-3H3,(H,29,30,31)/t16?,17-,18+. The van der Waals surface area contributed by atoms with Gasteiger partial charge in [-0.05, 0) is 55.2 Å². The molecule has 184 valence electrons. The summed E-state index contributed by atoms with van der Waals surface area (Å²) < 4.78 is 26.5. The number of hydrogen-bond donors (Lipinski definition) is 1. The molecule has 9 heteroatoms. The first-order chi connectivity index (χ1) is 16.8. The smallest absolute Gasteiger partial charge is 0.219 e. The SMILES string of the molecule is COc1cc2c(Nc3ccc(C)c(Cl)c3F)ncnc2cc1OCC1C[C@@H]2CN(C(C)=O)C[C@@H]2C1. The van der Waals surface area contributed by atoms with Crippen LogP contribution in [0.1, 0.15) is 25.3 Å². The quantitative estimate of drug-likeness (QED) is 0.492. The first kappa shape index (κ1) is 23.6. The maximum absolute atomic E-state index is 14.6. The van der Waals surface area contributed by atoms with Crippen molar-refractivity contribution in [2.75, 3.05) is 32.1 Å². The number of carbonyl (C=O) groups is 1. The lowest BCUT2D eigenvalue weighted by atomic mass is 10.0. The second-order valence-corrected chi connectivity index (χ2v) is 9.90. The Labute approximate surface area is 208 Å². The highest BCUT2D eigenvalue weighted by molar-refractivity contribution is 6.31. The number of likely N-dealkylation sites (tertiary alicyclic amines) is 1. The Bertz CT molecular complexity index is 1270. The first-order valence-electron chi connectivity index (χ1n) is 11.8. The predicted octanol–water partition coefficient (Wildman–Crippen LogP) is 5.37. The Morgan fingerprint density at radius 1 is 1.20 bits per heavy atom. The minimum Gasteiger partial charge on any atom is -0.493 e. The minimum absolute atomic E-state index is 0.0756. The van der Waals surface area contributed by atoms with E-state index in [1.807, 2.05) is 11.0 Å². The van der Waals surface area contributed by atoms with Gasteiger partial charge in [-0.15, -0.1) is 0 Å². The molecule has 2 aromatic carbocycles. The number of ether oxygens (including phenoxy) is 2. The van der Waals surface area contributed by atoms with Gasteiger partial charge in [0.25, 0.3) is 0 Å². The van der Waals surface area contributed by atoms with Crippen LogP contribution in [0.15, 0.2) is 30.6 Å². The number of hydrogen-bond acceptors (Lipinski definition) is 6. The molecule has 2 aliphatic rings. The van der Waals surface area contributed by atoms with Gasteiger partial charge in [0.15, 0.2) is 17.3 Å². The molecule has 0 spiro atoms. The van der Waals surface area contributed by atoms with Crippen molar-refractivity contribution in [1.29, 1.82) is 0 Å². The number of rotatable bonds is 6. The fourth-order valence-corrected chi connectivity index (χ4v) is 5.50. The molecule has 3 atom stereocenters. The highest BCUT2D eigenvalue weighted by atomic mass is 35.5. The number of nitrogens with one attached hydrogen (secondary N) is 1. The van der Waals surface area contributed by atoms with Crippen LogP contribution in [0.25, 0.3) is 10.9 Å². The third-order valence-corrected chi connectivity index (χ3v) is 7.68. The van der Waals surface area contributed by atoms with Gasteiger partial charge in [0, 0.05) is 31.5 Å². The molecule has 1 N–H and O–H groups in total. The monoisotopic (exact) mass is 498 g/mol. The molecular weight excluding hydrogens is 471 g/mol. The lowest BCUT2D eigenvalue weighted by molar-refractivity contribution is -0.128. The van der Waals surface area contributed by atoms with Crippen LogP contribution in [0.3, 0.4) is 0 Å². The summed E-state index contributed by atoms with van der Waals surface area (Å²) in [6.07, 6.45) is 3.55. The van der Waals surface area contributed by atoms with Crippen molar-refractivity contribution >= 4 is 39.9 Å². The molecule has 3 aromatic rings. The van der Waals surface area contributed by atoms with Crippen molar-refractivity contribution in [3.05, 3.63) is 47.0 Å². The summed E-state index contributed by atoms with van der Waals surface area (Å²) >= 11 is 6.07. The second-order valence-electron chi connectivity index (χ2n) is 9.52. The van der Waals surface area contributed by atoms with Crippen LogP contribution in [-0.4, -0.2) is 47.6 Å². The molecule has 1 saturated heterocycles. The minimum atomic E-state index is -0.530. The van der Waals surface area contributed by atoms with Gasteiger partial charge in [0.2, 0.25) is 5.91 Å². The molecule has 1 amide bonds. The molecule has 2 fully saturated rings. The number of benzene rings is 2. The summed E-state index contributed by atoms with van der Waals surface area (Å²) in [7, 11) is 1.58. The topological polar surface area (TPSA) is 76.6 Å². The van der Waals surface area contributed by atoms with E-state index in [9.17, 15) is 9.18 Å². The van der Waals surface area contributed by atoms with Crippen molar-refractivity contribution in [2.24, 2.45) is 17.8 Å². The Kier molecular flexibility index (Phi) is 6.40. The number of aryl methyl sites for hydroxylation is 1. The summed E-state index contributed by atoms with van der Waals surface area (Å²) in [6.45, 7) is 5.69. The Balaban J connectivity index is 1.33. The van der Waals surface area contributed by atoms with E-state index in [1.54, 1.807) is 39.2 Å². The number of halogens is 2. The molecule has 1 aliphatic heterocycles. The summed E-state index contributed by atoms with van der Waals surface area (Å²) in [5.74, 6) is 2.80. The molecular formula is C26H28ClFN4O3. The summed E-state index contributed by atoms with van der Waals surface area (Å²) in [4.78, 5) is 22.3. The normalized spacial score (nSPS) is 21.3. The zero-order valence-electron chi connectivity index (χ0n) is 20.0. The number of amides is 1. The van der Waals surface area contributed by atoms with E-state index in [0.29, 0.717) is 58.1 Å². The van der Waals surface area contributed by atoms with E-state index in [2.05, 4.69) is 15.3 Å². The van der Waals surface area contributed by atoms with Crippen LogP contribution >= 0.6 is 11.6 Å². The average Bonchev–Trinajstić information content (AvgIpc) is 3.42. The molecule has 0 bridgehead atoms. The molecule has 1 aromatic heterocycles. The van der Waals surface area contributed by atoms with E-state index in [1.165, 1.54) is 6.33 Å². The lowest BCUT2D eigenvalue weighted by Crippen LogP contribution is -2.27. The number of nitrogens with zero attached hydrogens (tertiary/aromatic N) is 3. The number of anilines is 2. The Morgan fingerprint density at radius 3 is 2.63 bits per heavy atom. The summed E-state index contributed by atoms with van der Waals surface area (Å²) in [5, 5.41) is 3.78. The third kappa shape index (κ3) is 4.59. The van der Waals surface area contributed by atoms with E-state index >= 15 is 0 Å². The van der Waals surface area contributed by atoms with Crippen LogP contribution in [0, 0.1) is 30.5 Å². The van der Waals surface area contributed by atoms with Crippen LogP contribution < -0.4 is 14.8 Å². The number of fused-ring (bicyclic) bond motifs is 2. The molecule has 2 heterocycles. The second kappa shape index (κ2) is 9.49. The molecule has 1 saturated carbocycles. The van der Waals surface area contributed by atoms with Gasteiger partial charge in [-0.25, -0.2) is 14.4 Å². The van der Waals surface area contributed by atoms with Crippen molar-refractivity contribution in [2.45, 2.75) is 26.7 Å². The van der Waals surface area contributed by atoms with Crippen molar-refractivity contribution < 1.29 is 18.7 Å². The predicted molar refractivity (Wildman–Crippen MR) is 133 cm³/mol. The zero-order chi connectivity index (χ0) is 24.7. The summed E-state index contributed by atoms with van der Waals surface area (Å²) in [5.41, 5.74) is 1.54. The van der Waals surface area contributed by atoms with Gasteiger partial charge in [-0.1, -0.05) is 17.7 Å². The molecule has 5 rings (SSSR count). The average molecular weight is 499 g/mol. The first-order valence-corrected chi connectivity index (χ1v) is 12.1. The van der Waals surface area contributed by atoms with Gasteiger partial charge >= 0.3 is 0 Å². The highest BCUT2D eigenvalue weighted by Crippen LogP contribution is 2.42. The molecule has 1 aliphatic carbocycles. The van der Waals surface area contributed by atoms with Gasteiger partial charge in [0.1, 0.15) is 12.1 Å². The van der Waals surface area contributed by atoms with Crippen LogP contribution in [-0.2, 0) is 4.79 Å².